The van der Waals surface area contributed by atoms with Gasteiger partial charge in [0.25, 0.3) is 0 Å². The van der Waals surface area contributed by atoms with Crippen LogP contribution in [0.4, 0.5) is 0 Å². The van der Waals surface area contributed by atoms with Gasteiger partial charge >= 0.3 is 0 Å². The molecule has 0 saturated heterocycles. The van der Waals surface area contributed by atoms with E-state index in [-0.39, 0.29) is 17.9 Å². The van der Waals surface area contributed by atoms with Crippen molar-refractivity contribution in [1.82, 2.24) is 4.90 Å². The molecule has 2 saturated carbocycles. The molecule has 2 fully saturated rings. The fourth-order valence-electron chi connectivity index (χ4n) is 3.81. The van der Waals surface area contributed by atoms with E-state index in [0.717, 1.165) is 38.5 Å². The van der Waals surface area contributed by atoms with Gasteiger partial charge in [-0.2, -0.15) is 0 Å². The minimum absolute atomic E-state index is 0.0584. The van der Waals surface area contributed by atoms with E-state index in [0.29, 0.717) is 19.1 Å². The highest BCUT2D eigenvalue weighted by molar-refractivity contribution is 5.83. The van der Waals surface area contributed by atoms with Gasteiger partial charge in [0.2, 0.25) is 5.91 Å². The lowest BCUT2D eigenvalue weighted by atomic mass is 9.72. The first-order valence-electron chi connectivity index (χ1n) is 7.85. The number of hydrogen-bond donors (Lipinski definition) is 2. The highest BCUT2D eigenvalue weighted by Gasteiger charge is 2.42. The molecule has 2 aliphatic carbocycles. The SMILES string of the molecule is NCC1(C(=O)N(CCO)C2CCCC2)CCCCC1. The largest absolute Gasteiger partial charge is 0.395 e. The summed E-state index contributed by atoms with van der Waals surface area (Å²) in [6, 6.07) is 0.338. The minimum atomic E-state index is -0.337. The molecule has 0 aliphatic heterocycles. The summed E-state index contributed by atoms with van der Waals surface area (Å²) < 4.78 is 0. The van der Waals surface area contributed by atoms with Crippen molar-refractivity contribution in [2.24, 2.45) is 11.1 Å². The molecule has 4 heteroatoms. The van der Waals surface area contributed by atoms with Crippen molar-refractivity contribution in [3.63, 3.8) is 0 Å². The van der Waals surface area contributed by atoms with Gasteiger partial charge in [0.05, 0.1) is 12.0 Å². The monoisotopic (exact) mass is 268 g/mol. The van der Waals surface area contributed by atoms with Gasteiger partial charge in [-0.1, -0.05) is 32.1 Å². The third-order valence-electron chi connectivity index (χ3n) is 5.02. The van der Waals surface area contributed by atoms with E-state index < -0.39 is 0 Å². The van der Waals surface area contributed by atoms with Crippen molar-refractivity contribution in [3.05, 3.63) is 0 Å². The maximum absolute atomic E-state index is 13.0. The van der Waals surface area contributed by atoms with E-state index in [1.54, 1.807) is 0 Å². The van der Waals surface area contributed by atoms with Crippen LogP contribution in [0, 0.1) is 5.41 Å². The first kappa shape index (κ1) is 14.8. The lowest BCUT2D eigenvalue weighted by Gasteiger charge is -2.41. The van der Waals surface area contributed by atoms with Crippen molar-refractivity contribution in [1.29, 1.82) is 0 Å². The molecule has 0 aromatic rings. The van der Waals surface area contributed by atoms with Gasteiger partial charge in [-0.05, 0) is 25.7 Å². The van der Waals surface area contributed by atoms with Crippen LogP contribution in [0.5, 0.6) is 0 Å². The van der Waals surface area contributed by atoms with Gasteiger partial charge in [0.1, 0.15) is 0 Å². The molecule has 0 aromatic heterocycles. The van der Waals surface area contributed by atoms with Crippen LogP contribution >= 0.6 is 0 Å². The summed E-state index contributed by atoms with van der Waals surface area (Å²) in [5, 5.41) is 9.28. The first-order valence-corrected chi connectivity index (χ1v) is 7.85. The molecule has 0 spiro atoms. The molecule has 0 radical (unpaired) electrons. The Morgan fingerprint density at radius 2 is 1.79 bits per heavy atom. The molecular weight excluding hydrogens is 240 g/mol. The Bertz CT molecular complexity index is 295. The number of carbonyl (C=O) groups is 1. The molecule has 2 rings (SSSR count). The number of aliphatic hydroxyl groups is 1. The van der Waals surface area contributed by atoms with E-state index in [9.17, 15) is 9.90 Å². The average Bonchev–Trinajstić information content (AvgIpc) is 2.98. The fraction of sp³-hybridized carbons (Fsp3) is 0.933. The molecule has 2 aliphatic rings. The molecule has 0 aromatic carbocycles. The number of nitrogens with zero attached hydrogens (tertiary/aromatic N) is 1. The highest BCUT2D eigenvalue weighted by Crippen LogP contribution is 2.38. The highest BCUT2D eigenvalue weighted by atomic mass is 16.3. The summed E-state index contributed by atoms with van der Waals surface area (Å²) in [5.74, 6) is 0.218. The van der Waals surface area contributed by atoms with Crippen LogP contribution in [0.1, 0.15) is 57.8 Å². The second-order valence-electron chi connectivity index (χ2n) is 6.21. The third-order valence-corrected chi connectivity index (χ3v) is 5.02. The summed E-state index contributed by atoms with van der Waals surface area (Å²) in [5.41, 5.74) is 5.62. The molecule has 0 heterocycles. The van der Waals surface area contributed by atoms with Crippen molar-refractivity contribution in [2.75, 3.05) is 19.7 Å². The predicted octanol–water partition coefficient (Wildman–Crippen LogP) is 1.66. The molecule has 0 atom stereocenters. The Morgan fingerprint density at radius 1 is 1.16 bits per heavy atom. The van der Waals surface area contributed by atoms with Crippen LogP contribution in [0.25, 0.3) is 0 Å². The summed E-state index contributed by atoms with van der Waals surface area (Å²) in [7, 11) is 0. The number of nitrogens with two attached hydrogens (primary N) is 1. The van der Waals surface area contributed by atoms with Crippen LogP contribution in [0.3, 0.4) is 0 Å². The van der Waals surface area contributed by atoms with Gasteiger partial charge in [-0.3, -0.25) is 4.79 Å². The van der Waals surface area contributed by atoms with Crippen LogP contribution in [-0.4, -0.2) is 41.7 Å². The zero-order valence-electron chi connectivity index (χ0n) is 11.9. The summed E-state index contributed by atoms with van der Waals surface area (Å²) in [6.07, 6.45) is 9.89. The van der Waals surface area contributed by atoms with Crippen LogP contribution < -0.4 is 5.73 Å². The number of aliphatic hydroxyl groups excluding tert-OH is 1. The van der Waals surface area contributed by atoms with E-state index in [4.69, 9.17) is 5.73 Å². The van der Waals surface area contributed by atoms with Crippen LogP contribution in [0.2, 0.25) is 0 Å². The Hall–Kier alpha value is -0.610. The zero-order valence-corrected chi connectivity index (χ0v) is 11.9. The molecule has 1 amide bonds. The molecule has 0 unspecified atom stereocenters. The van der Waals surface area contributed by atoms with Crippen LogP contribution in [-0.2, 0) is 4.79 Å². The molecule has 4 nitrogen and oxygen atoms in total. The zero-order chi connectivity index (χ0) is 13.7. The number of carbonyl (C=O) groups excluding carboxylic acids is 1. The van der Waals surface area contributed by atoms with Crippen molar-refractivity contribution >= 4 is 5.91 Å². The van der Waals surface area contributed by atoms with E-state index >= 15 is 0 Å². The molecule has 110 valence electrons. The second-order valence-corrected chi connectivity index (χ2v) is 6.21. The van der Waals surface area contributed by atoms with Crippen molar-refractivity contribution in [3.8, 4) is 0 Å². The fourth-order valence-corrected chi connectivity index (χ4v) is 3.81. The van der Waals surface area contributed by atoms with E-state index in [1.807, 2.05) is 4.90 Å². The van der Waals surface area contributed by atoms with Gasteiger partial charge in [-0.15, -0.1) is 0 Å². The Morgan fingerprint density at radius 3 is 2.32 bits per heavy atom. The quantitative estimate of drug-likeness (QED) is 0.797. The number of amides is 1. The van der Waals surface area contributed by atoms with Gasteiger partial charge in [0, 0.05) is 19.1 Å². The normalized spacial score (nSPS) is 23.5. The Labute approximate surface area is 116 Å². The summed E-state index contributed by atoms with van der Waals surface area (Å²) in [4.78, 5) is 14.9. The van der Waals surface area contributed by atoms with E-state index in [2.05, 4.69) is 0 Å². The molecular formula is C15H28N2O2. The Balaban J connectivity index is 2.11. The number of hydrogen-bond acceptors (Lipinski definition) is 3. The molecule has 3 N–H and O–H groups in total. The molecule has 19 heavy (non-hydrogen) atoms. The first-order chi connectivity index (χ1) is 9.23. The van der Waals surface area contributed by atoms with Gasteiger partial charge in [-0.25, -0.2) is 0 Å². The molecule has 0 bridgehead atoms. The standard InChI is InChI=1S/C15H28N2O2/c16-12-15(8-4-1-5-9-15)14(19)17(10-11-18)13-6-2-3-7-13/h13,18H,1-12,16H2. The van der Waals surface area contributed by atoms with Crippen molar-refractivity contribution in [2.45, 2.75) is 63.8 Å². The van der Waals surface area contributed by atoms with E-state index in [1.165, 1.54) is 19.3 Å². The lowest BCUT2D eigenvalue weighted by Crippen LogP contribution is -2.52. The van der Waals surface area contributed by atoms with Gasteiger partial charge in [0.15, 0.2) is 0 Å². The summed E-state index contributed by atoms with van der Waals surface area (Å²) in [6.45, 7) is 0.995. The maximum Gasteiger partial charge on any atom is 0.230 e. The Kier molecular flexibility index (Phi) is 5.22. The second kappa shape index (κ2) is 6.71. The number of rotatable bonds is 5. The topological polar surface area (TPSA) is 66.6 Å². The summed E-state index contributed by atoms with van der Waals surface area (Å²) >= 11 is 0. The average molecular weight is 268 g/mol. The minimum Gasteiger partial charge on any atom is -0.395 e. The maximum atomic E-state index is 13.0. The smallest absolute Gasteiger partial charge is 0.230 e. The third kappa shape index (κ3) is 3.11. The predicted molar refractivity (Wildman–Crippen MR) is 75.6 cm³/mol. The lowest BCUT2D eigenvalue weighted by molar-refractivity contribution is -0.146. The van der Waals surface area contributed by atoms with Crippen molar-refractivity contribution < 1.29 is 9.90 Å². The van der Waals surface area contributed by atoms with Crippen LogP contribution in [0.15, 0.2) is 0 Å². The van der Waals surface area contributed by atoms with Gasteiger partial charge < -0.3 is 15.7 Å².